The van der Waals surface area contributed by atoms with Gasteiger partial charge in [0.1, 0.15) is 5.01 Å². The lowest BCUT2D eigenvalue weighted by atomic mass is 9.97. The number of rotatable bonds is 4. The fraction of sp³-hybridized carbons (Fsp3) is 0.148. The van der Waals surface area contributed by atoms with Crippen LogP contribution in [0, 0.1) is 12.8 Å². The number of aromatic amines is 1. The molecule has 2 amide bonds. The van der Waals surface area contributed by atoms with Crippen LogP contribution in [-0.4, -0.2) is 39.8 Å². The highest BCUT2D eigenvalue weighted by Gasteiger charge is 2.36. The van der Waals surface area contributed by atoms with E-state index < -0.39 is 0 Å². The van der Waals surface area contributed by atoms with Gasteiger partial charge in [0.05, 0.1) is 21.7 Å². The number of benzene rings is 3. The molecule has 3 heterocycles. The number of thiazole rings is 1. The van der Waals surface area contributed by atoms with Crippen LogP contribution in [0.3, 0.4) is 0 Å². The third-order valence-corrected chi connectivity index (χ3v) is 7.37. The van der Waals surface area contributed by atoms with E-state index in [2.05, 4.69) is 29.4 Å². The molecule has 1 fully saturated rings. The molecular formula is C27H22N4O2S. The summed E-state index contributed by atoms with van der Waals surface area (Å²) >= 11 is 1.67. The van der Waals surface area contributed by atoms with Gasteiger partial charge in [-0.3, -0.25) is 9.59 Å². The fourth-order valence-electron chi connectivity index (χ4n) is 4.32. The molecule has 0 spiro atoms. The van der Waals surface area contributed by atoms with Crippen LogP contribution >= 0.6 is 11.3 Å². The monoisotopic (exact) mass is 466 g/mol. The van der Waals surface area contributed by atoms with Gasteiger partial charge in [-0.25, -0.2) is 4.98 Å². The van der Waals surface area contributed by atoms with E-state index in [1.807, 2.05) is 54.6 Å². The average molecular weight is 467 g/mol. The third-order valence-electron chi connectivity index (χ3n) is 6.30. The smallest absolute Gasteiger partial charge is 0.256 e. The van der Waals surface area contributed by atoms with Gasteiger partial charge < -0.3 is 15.2 Å². The Hall–Kier alpha value is -3.97. The van der Waals surface area contributed by atoms with Gasteiger partial charge in [-0.05, 0) is 55.0 Å². The molecule has 1 aliphatic heterocycles. The summed E-state index contributed by atoms with van der Waals surface area (Å²) in [7, 11) is 0. The van der Waals surface area contributed by atoms with Crippen molar-refractivity contribution in [3.63, 3.8) is 0 Å². The van der Waals surface area contributed by atoms with Gasteiger partial charge in [0, 0.05) is 41.4 Å². The molecule has 3 aromatic carbocycles. The van der Waals surface area contributed by atoms with Gasteiger partial charge in [-0.1, -0.05) is 24.3 Å². The number of carbonyl (C=O) groups excluding carboxylic acids is 2. The van der Waals surface area contributed by atoms with Crippen molar-refractivity contribution >= 4 is 50.0 Å². The minimum Gasteiger partial charge on any atom is -0.360 e. The number of nitrogens with one attached hydrogen (secondary N) is 2. The number of carbonyl (C=O) groups is 2. The first-order valence-electron chi connectivity index (χ1n) is 11.2. The van der Waals surface area contributed by atoms with Crippen LogP contribution < -0.4 is 5.32 Å². The van der Waals surface area contributed by atoms with Crippen molar-refractivity contribution < 1.29 is 9.59 Å². The molecule has 6 rings (SSSR count). The van der Waals surface area contributed by atoms with E-state index in [-0.39, 0.29) is 17.7 Å². The van der Waals surface area contributed by atoms with Crippen LogP contribution in [0.15, 0.2) is 72.9 Å². The van der Waals surface area contributed by atoms with Gasteiger partial charge in [0.25, 0.3) is 5.91 Å². The summed E-state index contributed by atoms with van der Waals surface area (Å²) in [5.41, 5.74) is 5.57. The molecule has 0 atom stereocenters. The lowest BCUT2D eigenvalue weighted by molar-refractivity contribution is -0.123. The van der Waals surface area contributed by atoms with Crippen LogP contribution in [0.1, 0.15) is 15.9 Å². The molecule has 0 unspecified atom stereocenters. The Kier molecular flexibility index (Phi) is 4.92. The molecule has 0 radical (unpaired) electrons. The quantitative estimate of drug-likeness (QED) is 0.369. The van der Waals surface area contributed by atoms with Crippen LogP contribution in [0.2, 0.25) is 0 Å². The molecule has 2 N–H and O–H groups in total. The first kappa shape index (κ1) is 20.6. The molecule has 1 aliphatic rings. The number of likely N-dealkylation sites (tertiary alicyclic amines) is 1. The Labute approximate surface area is 200 Å². The lowest BCUT2D eigenvalue weighted by Gasteiger charge is -2.38. The fourth-order valence-corrected chi connectivity index (χ4v) is 5.39. The van der Waals surface area contributed by atoms with Crippen molar-refractivity contribution in [3.05, 3.63) is 84.1 Å². The highest BCUT2D eigenvalue weighted by Crippen LogP contribution is 2.31. The Morgan fingerprint density at radius 1 is 1.06 bits per heavy atom. The maximum atomic E-state index is 12.9. The number of para-hydroxylation sites is 1. The number of aryl methyl sites for hydroxylation is 1. The van der Waals surface area contributed by atoms with E-state index >= 15 is 0 Å². The Balaban J connectivity index is 1.08. The molecule has 5 aromatic rings. The largest absolute Gasteiger partial charge is 0.360 e. The van der Waals surface area contributed by atoms with Gasteiger partial charge in [0.2, 0.25) is 5.91 Å². The maximum absolute atomic E-state index is 12.9. The van der Waals surface area contributed by atoms with Gasteiger partial charge in [-0.2, -0.15) is 0 Å². The summed E-state index contributed by atoms with van der Waals surface area (Å²) < 4.78 is 1.17. The molecule has 0 bridgehead atoms. The zero-order chi connectivity index (χ0) is 23.2. The normalized spacial score (nSPS) is 13.9. The van der Waals surface area contributed by atoms with Crippen LogP contribution in [0.25, 0.3) is 31.7 Å². The maximum Gasteiger partial charge on any atom is 0.256 e. The summed E-state index contributed by atoms with van der Waals surface area (Å²) in [6, 6.07) is 21.8. The van der Waals surface area contributed by atoms with Crippen molar-refractivity contribution in [3.8, 4) is 10.6 Å². The molecule has 34 heavy (non-hydrogen) atoms. The predicted octanol–water partition coefficient (Wildman–Crippen LogP) is 5.46. The molecular weight excluding hydrogens is 444 g/mol. The van der Waals surface area contributed by atoms with Crippen molar-refractivity contribution in [2.24, 2.45) is 5.92 Å². The van der Waals surface area contributed by atoms with Crippen LogP contribution in [0.4, 0.5) is 5.69 Å². The van der Waals surface area contributed by atoms with E-state index in [0.717, 1.165) is 32.7 Å². The zero-order valence-corrected chi connectivity index (χ0v) is 19.4. The second-order valence-electron chi connectivity index (χ2n) is 8.71. The highest BCUT2D eigenvalue weighted by molar-refractivity contribution is 7.21. The molecule has 0 aliphatic carbocycles. The second kappa shape index (κ2) is 8.11. The number of fused-ring (bicyclic) bond motifs is 2. The molecule has 6 nitrogen and oxygen atoms in total. The minimum absolute atomic E-state index is 0.0446. The third kappa shape index (κ3) is 3.64. The number of aromatic nitrogens is 2. The second-order valence-corrected chi connectivity index (χ2v) is 9.74. The van der Waals surface area contributed by atoms with Crippen molar-refractivity contribution in [1.29, 1.82) is 0 Å². The first-order chi connectivity index (χ1) is 16.5. The van der Waals surface area contributed by atoms with Crippen molar-refractivity contribution in [2.75, 3.05) is 18.4 Å². The van der Waals surface area contributed by atoms with Gasteiger partial charge in [-0.15, -0.1) is 11.3 Å². The SMILES string of the molecule is Cc1ccc2nc(-c3ccc(NC(=O)C4CN(C(=O)c5c[nH]c6ccccc56)C4)cc3)sc2c1. The first-order valence-corrected chi connectivity index (χ1v) is 12.0. The Bertz CT molecular complexity index is 1540. The lowest BCUT2D eigenvalue weighted by Crippen LogP contribution is -2.54. The highest BCUT2D eigenvalue weighted by atomic mass is 32.1. The molecule has 2 aromatic heterocycles. The summed E-state index contributed by atoms with van der Waals surface area (Å²) in [6.45, 7) is 2.93. The number of amides is 2. The molecule has 168 valence electrons. The average Bonchev–Trinajstić information content (AvgIpc) is 3.42. The minimum atomic E-state index is -0.207. The standard InChI is InChI=1S/C27H22N4O2S/c1-16-6-11-23-24(12-16)34-26(30-23)17-7-9-19(10-8-17)29-25(32)18-14-31(15-18)27(33)21-13-28-22-5-3-2-4-20(21)22/h2-13,18,28H,14-15H2,1H3,(H,29,32). The topological polar surface area (TPSA) is 78.1 Å². The number of hydrogen-bond donors (Lipinski definition) is 2. The van der Waals surface area contributed by atoms with E-state index in [1.54, 1.807) is 22.4 Å². The number of H-pyrrole nitrogens is 1. The van der Waals surface area contributed by atoms with Gasteiger partial charge >= 0.3 is 0 Å². The number of nitrogens with zero attached hydrogens (tertiary/aromatic N) is 2. The van der Waals surface area contributed by atoms with Crippen molar-refractivity contribution in [2.45, 2.75) is 6.92 Å². The van der Waals surface area contributed by atoms with Gasteiger partial charge in [0.15, 0.2) is 0 Å². The summed E-state index contributed by atoms with van der Waals surface area (Å²) in [6.07, 6.45) is 1.74. The van der Waals surface area contributed by atoms with E-state index in [0.29, 0.717) is 18.7 Å². The summed E-state index contributed by atoms with van der Waals surface area (Å²) in [4.78, 5) is 35.1. The van der Waals surface area contributed by atoms with Crippen molar-refractivity contribution in [1.82, 2.24) is 14.9 Å². The zero-order valence-electron chi connectivity index (χ0n) is 18.5. The Morgan fingerprint density at radius 2 is 1.85 bits per heavy atom. The van der Waals surface area contributed by atoms with Crippen LogP contribution in [-0.2, 0) is 4.79 Å². The Morgan fingerprint density at radius 3 is 2.68 bits per heavy atom. The van der Waals surface area contributed by atoms with E-state index in [1.165, 1.54) is 10.3 Å². The number of anilines is 1. The predicted molar refractivity (Wildman–Crippen MR) is 136 cm³/mol. The van der Waals surface area contributed by atoms with E-state index in [9.17, 15) is 9.59 Å². The summed E-state index contributed by atoms with van der Waals surface area (Å²) in [5.74, 6) is -0.315. The number of hydrogen-bond acceptors (Lipinski definition) is 4. The molecule has 7 heteroatoms. The molecule has 0 saturated carbocycles. The van der Waals surface area contributed by atoms with Crippen LogP contribution in [0.5, 0.6) is 0 Å². The summed E-state index contributed by atoms with van der Waals surface area (Å²) in [5, 5.41) is 4.85. The van der Waals surface area contributed by atoms with E-state index in [4.69, 9.17) is 4.98 Å². The molecule has 1 saturated heterocycles.